The lowest BCUT2D eigenvalue weighted by molar-refractivity contribution is -0.143. The smallest absolute Gasteiger partial charge is 0.305 e. The normalized spacial score (nSPS) is 16.8. The Morgan fingerprint density at radius 3 is 2.54 bits per heavy atom. The first-order chi connectivity index (χ1) is 7.79. The molecule has 0 fully saturated rings. The summed E-state index contributed by atoms with van der Waals surface area (Å²) >= 11 is 0. The van der Waals surface area contributed by atoms with E-state index >= 15 is 0 Å². The van der Waals surface area contributed by atoms with Crippen molar-refractivity contribution >= 4 is 5.97 Å². The fraction of sp³-hybridized carbons (Fsp3) is 0.909. The average Bonchev–Trinajstić information content (AvgIpc) is 2.24. The zero-order valence-electron chi connectivity index (χ0n) is 12.6. The van der Waals surface area contributed by atoms with Crippen LogP contribution in [0, 0.1) is 0 Å². The molecule has 0 aliphatic heterocycles. The SMILES string of the molecule is [2H]C([2H])(CCCCCC)C([2H])([2H])C(=O)OCC. The van der Waals surface area contributed by atoms with Crippen LogP contribution in [0.25, 0.3) is 0 Å². The van der Waals surface area contributed by atoms with Crippen molar-refractivity contribution in [2.45, 2.75) is 58.7 Å². The van der Waals surface area contributed by atoms with Gasteiger partial charge in [-0.3, -0.25) is 4.79 Å². The van der Waals surface area contributed by atoms with Gasteiger partial charge in [-0.1, -0.05) is 39.0 Å². The third-order valence-electron chi connectivity index (χ3n) is 1.62. The molecule has 0 N–H and O–H groups in total. The van der Waals surface area contributed by atoms with E-state index in [2.05, 4.69) is 4.74 Å². The van der Waals surface area contributed by atoms with Gasteiger partial charge in [0.1, 0.15) is 0 Å². The van der Waals surface area contributed by atoms with Crippen LogP contribution in [-0.2, 0) is 9.53 Å². The Morgan fingerprint density at radius 1 is 1.23 bits per heavy atom. The first kappa shape index (κ1) is 6.86. The first-order valence-electron chi connectivity index (χ1n) is 6.96. The molecule has 0 unspecified atom stereocenters. The van der Waals surface area contributed by atoms with Gasteiger partial charge in [-0.25, -0.2) is 0 Å². The lowest BCUT2D eigenvalue weighted by Gasteiger charge is -2.01. The Hall–Kier alpha value is -0.530. The molecule has 0 aliphatic carbocycles. The molecule has 0 rings (SSSR count). The van der Waals surface area contributed by atoms with Crippen LogP contribution in [0.1, 0.15) is 64.2 Å². The lowest BCUT2D eigenvalue weighted by Crippen LogP contribution is -2.03. The third-order valence-corrected chi connectivity index (χ3v) is 1.62. The van der Waals surface area contributed by atoms with E-state index in [4.69, 9.17) is 5.48 Å². The molecule has 0 aromatic heterocycles. The van der Waals surface area contributed by atoms with Crippen molar-refractivity contribution in [3.63, 3.8) is 0 Å². The Labute approximate surface area is 87.3 Å². The van der Waals surface area contributed by atoms with E-state index in [0.29, 0.717) is 6.42 Å². The van der Waals surface area contributed by atoms with Crippen LogP contribution in [0.2, 0.25) is 0 Å². The van der Waals surface area contributed by atoms with Crippen molar-refractivity contribution in [2.75, 3.05) is 6.61 Å². The summed E-state index contributed by atoms with van der Waals surface area (Å²) in [5, 5.41) is 0. The molecule has 0 spiro atoms. The topological polar surface area (TPSA) is 26.3 Å². The van der Waals surface area contributed by atoms with Crippen molar-refractivity contribution < 1.29 is 15.0 Å². The molecule has 0 aliphatic rings. The summed E-state index contributed by atoms with van der Waals surface area (Å²) in [6.45, 7) is 3.68. The fourth-order valence-corrected chi connectivity index (χ4v) is 0.942. The standard InChI is InChI=1S/C11H22O2/c1-3-5-6-7-8-9-10-11(12)13-4-2/h3-10H2,1-2H3/i9D2,10D2. The zero-order valence-corrected chi connectivity index (χ0v) is 8.56. The van der Waals surface area contributed by atoms with Crippen LogP contribution in [0.3, 0.4) is 0 Å². The van der Waals surface area contributed by atoms with Crippen molar-refractivity contribution in [1.29, 1.82) is 0 Å². The van der Waals surface area contributed by atoms with E-state index in [0.717, 1.165) is 19.3 Å². The van der Waals surface area contributed by atoms with Gasteiger partial charge in [0.05, 0.1) is 6.61 Å². The largest absolute Gasteiger partial charge is 0.466 e. The molecular formula is C11H22O2. The van der Waals surface area contributed by atoms with E-state index in [1.54, 1.807) is 6.92 Å². The second-order valence-electron chi connectivity index (χ2n) is 2.83. The summed E-state index contributed by atoms with van der Waals surface area (Å²) in [5.74, 6) is -1.11. The molecule has 78 valence electrons. The maximum Gasteiger partial charge on any atom is 0.305 e. The highest BCUT2D eigenvalue weighted by Crippen LogP contribution is 2.07. The van der Waals surface area contributed by atoms with Crippen molar-refractivity contribution in [2.24, 2.45) is 0 Å². The van der Waals surface area contributed by atoms with Crippen LogP contribution in [0.15, 0.2) is 0 Å². The maximum atomic E-state index is 11.4. The molecule has 2 heteroatoms. The van der Waals surface area contributed by atoms with E-state index in [9.17, 15) is 4.79 Å². The fourth-order valence-electron chi connectivity index (χ4n) is 0.942. The monoisotopic (exact) mass is 190 g/mol. The Kier molecular flexibility index (Phi) is 5.04. The first-order valence-corrected chi connectivity index (χ1v) is 4.96. The molecule has 0 heterocycles. The van der Waals surface area contributed by atoms with Crippen molar-refractivity contribution in [1.82, 2.24) is 0 Å². The van der Waals surface area contributed by atoms with Gasteiger partial charge >= 0.3 is 5.97 Å². The second kappa shape index (κ2) is 9.56. The van der Waals surface area contributed by atoms with Gasteiger partial charge in [-0.05, 0) is 13.3 Å². The number of rotatable bonds is 8. The van der Waals surface area contributed by atoms with Crippen molar-refractivity contribution in [3.05, 3.63) is 0 Å². The number of carbonyl (C=O) groups excluding carboxylic acids is 1. The highest BCUT2D eigenvalue weighted by atomic mass is 16.5. The molecule has 13 heavy (non-hydrogen) atoms. The van der Waals surface area contributed by atoms with Gasteiger partial charge in [0, 0.05) is 11.9 Å². The van der Waals surface area contributed by atoms with Crippen LogP contribution in [0.4, 0.5) is 0 Å². The summed E-state index contributed by atoms with van der Waals surface area (Å²) in [6.07, 6.45) is -1.23. The van der Waals surface area contributed by atoms with Gasteiger partial charge in [0.2, 0.25) is 0 Å². The molecule has 0 bridgehead atoms. The molecule has 0 saturated heterocycles. The number of unbranched alkanes of at least 4 members (excludes halogenated alkanes) is 3. The minimum absolute atomic E-state index is 0.0405. The number of hydrogen-bond acceptors (Lipinski definition) is 2. The highest BCUT2D eigenvalue weighted by molar-refractivity contribution is 5.69. The van der Waals surface area contributed by atoms with Gasteiger partial charge in [-0.2, -0.15) is 0 Å². The Morgan fingerprint density at radius 2 is 1.92 bits per heavy atom. The molecule has 2 nitrogen and oxygen atoms in total. The van der Waals surface area contributed by atoms with Crippen LogP contribution in [-0.4, -0.2) is 12.6 Å². The van der Waals surface area contributed by atoms with E-state index in [1.807, 2.05) is 6.92 Å². The van der Waals surface area contributed by atoms with Gasteiger partial charge < -0.3 is 4.74 Å². The molecule has 0 aromatic rings. The summed E-state index contributed by atoms with van der Waals surface area (Å²) in [7, 11) is 0. The maximum absolute atomic E-state index is 11.4. The van der Waals surface area contributed by atoms with Crippen LogP contribution in [0.5, 0.6) is 0 Å². The lowest BCUT2D eigenvalue weighted by atomic mass is 10.1. The third kappa shape index (κ3) is 9.38. The molecule has 0 saturated carbocycles. The minimum Gasteiger partial charge on any atom is -0.466 e. The van der Waals surface area contributed by atoms with E-state index < -0.39 is 18.7 Å². The van der Waals surface area contributed by atoms with E-state index in [-0.39, 0.29) is 13.0 Å². The van der Waals surface area contributed by atoms with Gasteiger partial charge in [0.15, 0.2) is 0 Å². The van der Waals surface area contributed by atoms with Gasteiger partial charge in [-0.15, -0.1) is 0 Å². The summed E-state index contributed by atoms with van der Waals surface area (Å²) in [5.41, 5.74) is 0. The number of esters is 1. The van der Waals surface area contributed by atoms with Crippen LogP contribution >= 0.6 is 0 Å². The quantitative estimate of drug-likeness (QED) is 0.433. The molecule has 0 radical (unpaired) electrons. The number of carbonyl (C=O) groups is 1. The Bertz CT molecular complexity index is 242. The number of hydrogen-bond donors (Lipinski definition) is 0. The highest BCUT2D eigenvalue weighted by Gasteiger charge is 1.99. The summed E-state index contributed by atoms with van der Waals surface area (Å²) < 4.78 is 35.0. The number of ether oxygens (including phenoxy) is 1. The second-order valence-corrected chi connectivity index (χ2v) is 2.83. The molecular weight excluding hydrogens is 164 g/mol. The van der Waals surface area contributed by atoms with Gasteiger partial charge in [0.25, 0.3) is 0 Å². The molecule has 0 amide bonds. The summed E-state index contributed by atoms with van der Waals surface area (Å²) in [6, 6.07) is 0. The summed E-state index contributed by atoms with van der Waals surface area (Å²) in [4.78, 5) is 11.4. The zero-order chi connectivity index (χ0) is 13.5. The van der Waals surface area contributed by atoms with Crippen molar-refractivity contribution in [3.8, 4) is 0 Å². The Balaban J connectivity index is 4.39. The van der Waals surface area contributed by atoms with Crippen LogP contribution < -0.4 is 0 Å². The molecule has 0 aromatic carbocycles. The molecule has 0 atom stereocenters. The predicted octanol–water partition coefficient (Wildman–Crippen LogP) is 3.30. The average molecular weight is 190 g/mol. The minimum atomic E-state index is -2.57. The van der Waals surface area contributed by atoms with E-state index in [1.165, 1.54) is 0 Å². The predicted molar refractivity (Wildman–Crippen MR) is 54.6 cm³/mol.